The van der Waals surface area contributed by atoms with Gasteiger partial charge in [-0.2, -0.15) is 0 Å². The molecule has 2 N–H and O–H groups in total. The standard InChI is InChI=1S/C11H23N3O2/c1-2-5-13(6-3-4-12)11(15)14-7-9-16-10-8-14/h2-10,12H2,1H3. The summed E-state index contributed by atoms with van der Waals surface area (Å²) >= 11 is 0. The van der Waals surface area contributed by atoms with Crippen molar-refractivity contribution in [3.05, 3.63) is 0 Å². The number of ether oxygens (including phenoxy) is 1. The lowest BCUT2D eigenvalue weighted by molar-refractivity contribution is 0.0432. The first-order valence-electron chi connectivity index (χ1n) is 6.11. The van der Waals surface area contributed by atoms with Gasteiger partial charge < -0.3 is 20.3 Å². The topological polar surface area (TPSA) is 58.8 Å². The number of urea groups is 1. The number of carbonyl (C=O) groups excluding carboxylic acids is 1. The first kappa shape index (κ1) is 13.3. The van der Waals surface area contributed by atoms with Crippen molar-refractivity contribution in [3.8, 4) is 0 Å². The molecule has 94 valence electrons. The number of nitrogens with zero attached hydrogens (tertiary/aromatic N) is 2. The van der Waals surface area contributed by atoms with Gasteiger partial charge in [0.05, 0.1) is 13.2 Å². The van der Waals surface area contributed by atoms with Crippen molar-refractivity contribution in [2.45, 2.75) is 19.8 Å². The van der Waals surface area contributed by atoms with Crippen LogP contribution >= 0.6 is 0 Å². The van der Waals surface area contributed by atoms with E-state index in [9.17, 15) is 4.79 Å². The second-order valence-corrected chi connectivity index (χ2v) is 4.01. The van der Waals surface area contributed by atoms with Crippen LogP contribution in [0.5, 0.6) is 0 Å². The van der Waals surface area contributed by atoms with Gasteiger partial charge in [-0.3, -0.25) is 0 Å². The molecule has 0 atom stereocenters. The Kier molecular flexibility index (Phi) is 6.18. The van der Waals surface area contributed by atoms with Crippen molar-refractivity contribution < 1.29 is 9.53 Å². The van der Waals surface area contributed by atoms with Crippen molar-refractivity contribution in [1.29, 1.82) is 0 Å². The number of carbonyl (C=O) groups is 1. The molecule has 0 saturated carbocycles. The van der Waals surface area contributed by atoms with E-state index in [1.807, 2.05) is 9.80 Å². The summed E-state index contributed by atoms with van der Waals surface area (Å²) in [5, 5.41) is 0. The van der Waals surface area contributed by atoms with Gasteiger partial charge in [0, 0.05) is 26.2 Å². The highest BCUT2D eigenvalue weighted by molar-refractivity contribution is 5.74. The minimum absolute atomic E-state index is 0.138. The summed E-state index contributed by atoms with van der Waals surface area (Å²) in [6.07, 6.45) is 1.86. The molecule has 0 bridgehead atoms. The van der Waals surface area contributed by atoms with E-state index in [0.717, 1.165) is 25.9 Å². The Hall–Kier alpha value is -0.810. The molecule has 0 spiro atoms. The first-order chi connectivity index (χ1) is 7.79. The van der Waals surface area contributed by atoms with Crippen LogP contribution in [0.3, 0.4) is 0 Å². The van der Waals surface area contributed by atoms with Crippen molar-refractivity contribution >= 4 is 6.03 Å². The molecule has 0 aromatic rings. The van der Waals surface area contributed by atoms with Crippen molar-refractivity contribution in [2.75, 3.05) is 45.9 Å². The molecule has 16 heavy (non-hydrogen) atoms. The van der Waals surface area contributed by atoms with Gasteiger partial charge in [0.15, 0.2) is 0 Å². The second kappa shape index (κ2) is 7.46. The Balaban J connectivity index is 2.44. The second-order valence-electron chi connectivity index (χ2n) is 4.01. The molecule has 1 fully saturated rings. The largest absolute Gasteiger partial charge is 0.378 e. The van der Waals surface area contributed by atoms with Gasteiger partial charge in [0.1, 0.15) is 0 Å². The van der Waals surface area contributed by atoms with Gasteiger partial charge in [-0.15, -0.1) is 0 Å². The van der Waals surface area contributed by atoms with Gasteiger partial charge in [-0.25, -0.2) is 4.79 Å². The quantitative estimate of drug-likeness (QED) is 0.747. The van der Waals surface area contributed by atoms with Crippen molar-refractivity contribution in [3.63, 3.8) is 0 Å². The number of rotatable bonds is 5. The third-order valence-corrected chi connectivity index (χ3v) is 2.68. The van der Waals surface area contributed by atoms with Crippen LogP contribution in [0, 0.1) is 0 Å². The molecule has 1 saturated heterocycles. The third kappa shape index (κ3) is 3.98. The number of amides is 2. The summed E-state index contributed by atoms with van der Waals surface area (Å²) < 4.78 is 5.24. The highest BCUT2D eigenvalue weighted by Crippen LogP contribution is 2.04. The number of hydrogen-bond acceptors (Lipinski definition) is 3. The molecule has 1 rings (SSSR count). The molecule has 0 aromatic heterocycles. The molecule has 0 aromatic carbocycles. The molecule has 1 heterocycles. The molecule has 5 nitrogen and oxygen atoms in total. The maximum Gasteiger partial charge on any atom is 0.320 e. The Labute approximate surface area is 97.5 Å². The Morgan fingerprint density at radius 2 is 2.06 bits per heavy atom. The monoisotopic (exact) mass is 229 g/mol. The molecule has 1 aliphatic heterocycles. The zero-order valence-electron chi connectivity index (χ0n) is 10.2. The van der Waals surface area contributed by atoms with Gasteiger partial charge in [0.25, 0.3) is 0 Å². The smallest absolute Gasteiger partial charge is 0.320 e. The van der Waals surface area contributed by atoms with Crippen LogP contribution < -0.4 is 5.73 Å². The van der Waals surface area contributed by atoms with Crippen LogP contribution in [0.1, 0.15) is 19.8 Å². The van der Waals surface area contributed by atoms with E-state index in [0.29, 0.717) is 32.8 Å². The lowest BCUT2D eigenvalue weighted by atomic mass is 10.3. The fourth-order valence-electron chi connectivity index (χ4n) is 1.81. The van der Waals surface area contributed by atoms with Crippen molar-refractivity contribution in [1.82, 2.24) is 9.80 Å². The lowest BCUT2D eigenvalue weighted by Gasteiger charge is -2.32. The normalized spacial score (nSPS) is 16.2. The zero-order valence-corrected chi connectivity index (χ0v) is 10.2. The van der Waals surface area contributed by atoms with E-state index in [4.69, 9.17) is 10.5 Å². The highest BCUT2D eigenvalue weighted by Gasteiger charge is 2.21. The van der Waals surface area contributed by atoms with Crippen molar-refractivity contribution in [2.24, 2.45) is 5.73 Å². The molecule has 5 heteroatoms. The van der Waals surface area contributed by atoms with E-state index in [1.54, 1.807) is 0 Å². The third-order valence-electron chi connectivity index (χ3n) is 2.68. The fourth-order valence-corrected chi connectivity index (χ4v) is 1.81. The molecule has 2 amide bonds. The van der Waals surface area contributed by atoms with E-state index < -0.39 is 0 Å². The molecule has 0 radical (unpaired) electrons. The molecule has 0 aliphatic carbocycles. The minimum atomic E-state index is 0.138. The van der Waals surface area contributed by atoms with Crippen LogP contribution in [-0.2, 0) is 4.74 Å². The van der Waals surface area contributed by atoms with E-state index in [-0.39, 0.29) is 6.03 Å². The maximum atomic E-state index is 12.1. The van der Waals surface area contributed by atoms with E-state index in [1.165, 1.54) is 0 Å². The summed E-state index contributed by atoms with van der Waals surface area (Å²) in [5.41, 5.74) is 5.48. The van der Waals surface area contributed by atoms with Gasteiger partial charge in [-0.1, -0.05) is 6.92 Å². The summed E-state index contributed by atoms with van der Waals surface area (Å²) in [6.45, 7) is 7.03. The predicted molar refractivity (Wildman–Crippen MR) is 63.3 cm³/mol. The maximum absolute atomic E-state index is 12.1. The van der Waals surface area contributed by atoms with Gasteiger partial charge in [-0.05, 0) is 19.4 Å². The lowest BCUT2D eigenvalue weighted by Crippen LogP contribution is -2.48. The SMILES string of the molecule is CCCN(CCCN)C(=O)N1CCOCC1. The predicted octanol–water partition coefficient (Wildman–Crippen LogP) is 0.499. The number of hydrogen-bond donors (Lipinski definition) is 1. The summed E-state index contributed by atoms with van der Waals surface area (Å²) in [5.74, 6) is 0. The Morgan fingerprint density at radius 1 is 1.38 bits per heavy atom. The van der Waals surface area contributed by atoms with Crippen LogP contribution in [-0.4, -0.2) is 61.8 Å². The average Bonchev–Trinajstić information content (AvgIpc) is 2.35. The Morgan fingerprint density at radius 3 is 2.62 bits per heavy atom. The summed E-state index contributed by atoms with van der Waals surface area (Å²) in [4.78, 5) is 15.9. The van der Waals surface area contributed by atoms with Crippen LogP contribution in [0.15, 0.2) is 0 Å². The minimum Gasteiger partial charge on any atom is -0.378 e. The number of nitrogens with two attached hydrogens (primary N) is 1. The molecule has 1 aliphatic rings. The first-order valence-corrected chi connectivity index (χ1v) is 6.11. The fraction of sp³-hybridized carbons (Fsp3) is 0.909. The van der Waals surface area contributed by atoms with Gasteiger partial charge in [0.2, 0.25) is 0 Å². The molecule has 0 unspecified atom stereocenters. The van der Waals surface area contributed by atoms with Crippen LogP contribution in [0.25, 0.3) is 0 Å². The number of morpholine rings is 1. The molecular weight excluding hydrogens is 206 g/mol. The van der Waals surface area contributed by atoms with Crippen LogP contribution in [0.2, 0.25) is 0 Å². The zero-order chi connectivity index (χ0) is 11.8. The van der Waals surface area contributed by atoms with E-state index in [2.05, 4.69) is 6.92 Å². The Bertz CT molecular complexity index is 205. The average molecular weight is 229 g/mol. The van der Waals surface area contributed by atoms with Gasteiger partial charge >= 0.3 is 6.03 Å². The van der Waals surface area contributed by atoms with Crippen LogP contribution in [0.4, 0.5) is 4.79 Å². The molecular formula is C11H23N3O2. The summed E-state index contributed by atoms with van der Waals surface area (Å²) in [7, 11) is 0. The highest BCUT2D eigenvalue weighted by atomic mass is 16.5. The van der Waals surface area contributed by atoms with E-state index >= 15 is 0 Å². The summed E-state index contributed by atoms with van der Waals surface area (Å²) in [6, 6.07) is 0.138.